The van der Waals surface area contributed by atoms with Crippen molar-refractivity contribution in [3.05, 3.63) is 0 Å². The molecule has 1 N–H and O–H groups in total. The van der Waals surface area contributed by atoms with E-state index < -0.39 is 18.1 Å². The lowest BCUT2D eigenvalue weighted by molar-refractivity contribution is -0.174. The largest absolute Gasteiger partial charge is 0.471 e. The number of nitrogens with one attached hydrogen (secondary N) is 1. The van der Waals surface area contributed by atoms with Crippen LogP contribution in [0.5, 0.6) is 0 Å². The maximum Gasteiger partial charge on any atom is 0.471 e. The number of halogens is 3. The van der Waals surface area contributed by atoms with Gasteiger partial charge in [-0.3, -0.25) is 9.69 Å². The molecule has 0 aliphatic carbocycles. The minimum atomic E-state index is -4.78. The number of hydrogen-bond donors (Lipinski definition) is 1. The van der Waals surface area contributed by atoms with Gasteiger partial charge in [-0.05, 0) is 27.2 Å². The summed E-state index contributed by atoms with van der Waals surface area (Å²) < 4.78 is 36.0. The second kappa shape index (κ2) is 4.24. The topological polar surface area (TPSA) is 32.3 Å². The van der Waals surface area contributed by atoms with Gasteiger partial charge in [-0.1, -0.05) is 0 Å². The highest BCUT2D eigenvalue weighted by Crippen LogP contribution is 2.21. The zero-order valence-electron chi connectivity index (χ0n) is 9.69. The number of carbonyl (C=O) groups is 1. The van der Waals surface area contributed by atoms with Crippen LogP contribution in [0.4, 0.5) is 13.2 Å². The lowest BCUT2D eigenvalue weighted by Gasteiger charge is -2.31. The molecule has 1 aliphatic heterocycles. The normalized spacial score (nSPS) is 23.5. The van der Waals surface area contributed by atoms with Crippen molar-refractivity contribution < 1.29 is 18.0 Å². The Balaban J connectivity index is 2.47. The summed E-state index contributed by atoms with van der Waals surface area (Å²) in [5.74, 6) is -1.84. The van der Waals surface area contributed by atoms with E-state index in [1.807, 2.05) is 26.1 Å². The first-order chi connectivity index (χ1) is 7.10. The van der Waals surface area contributed by atoms with Gasteiger partial charge in [-0.2, -0.15) is 13.2 Å². The fourth-order valence-corrected chi connectivity index (χ4v) is 1.75. The summed E-state index contributed by atoms with van der Waals surface area (Å²) in [4.78, 5) is 12.8. The van der Waals surface area contributed by atoms with Crippen LogP contribution in [0.3, 0.4) is 0 Å². The third kappa shape index (κ3) is 3.37. The molecule has 0 aromatic carbocycles. The third-order valence-electron chi connectivity index (χ3n) is 2.73. The van der Waals surface area contributed by atoms with E-state index in [0.717, 1.165) is 0 Å². The van der Waals surface area contributed by atoms with Gasteiger partial charge in [0.1, 0.15) is 0 Å². The Morgan fingerprint density at radius 1 is 1.31 bits per heavy atom. The van der Waals surface area contributed by atoms with Crippen LogP contribution < -0.4 is 5.32 Å². The summed E-state index contributed by atoms with van der Waals surface area (Å²) in [5.41, 5.74) is -0.0717. The Morgan fingerprint density at radius 3 is 2.25 bits per heavy atom. The first kappa shape index (κ1) is 13.3. The summed E-state index contributed by atoms with van der Waals surface area (Å²) in [6, 6.07) is -0.395. The minimum absolute atomic E-state index is 0.0717. The van der Waals surface area contributed by atoms with E-state index in [9.17, 15) is 18.0 Å². The van der Waals surface area contributed by atoms with Gasteiger partial charge in [-0.15, -0.1) is 0 Å². The molecular weight excluding hydrogens is 221 g/mol. The molecule has 1 amide bonds. The highest BCUT2D eigenvalue weighted by atomic mass is 19.4. The molecule has 3 nitrogen and oxygen atoms in total. The molecule has 0 radical (unpaired) electrons. The maximum atomic E-state index is 12.0. The number of nitrogens with zero attached hydrogens (tertiary/aromatic N) is 1. The second-order valence-corrected chi connectivity index (χ2v) is 5.07. The van der Waals surface area contributed by atoms with Crippen molar-refractivity contribution in [2.75, 3.05) is 13.1 Å². The quantitative estimate of drug-likeness (QED) is 0.751. The van der Waals surface area contributed by atoms with Crippen LogP contribution in [0.25, 0.3) is 0 Å². The van der Waals surface area contributed by atoms with Crippen molar-refractivity contribution in [2.24, 2.45) is 0 Å². The van der Waals surface area contributed by atoms with E-state index >= 15 is 0 Å². The fraction of sp³-hybridized carbons (Fsp3) is 0.900. The average molecular weight is 238 g/mol. The molecule has 1 atom stereocenters. The molecule has 6 heteroatoms. The number of hydrogen-bond acceptors (Lipinski definition) is 2. The van der Waals surface area contributed by atoms with Crippen molar-refractivity contribution in [3.8, 4) is 0 Å². The van der Waals surface area contributed by atoms with Gasteiger partial charge in [0.15, 0.2) is 0 Å². The highest BCUT2D eigenvalue weighted by molar-refractivity contribution is 5.81. The molecule has 0 bridgehead atoms. The van der Waals surface area contributed by atoms with Gasteiger partial charge in [-0.25, -0.2) is 0 Å². The van der Waals surface area contributed by atoms with Crippen molar-refractivity contribution in [2.45, 2.75) is 44.9 Å². The molecule has 0 unspecified atom stereocenters. The summed E-state index contributed by atoms with van der Waals surface area (Å²) in [5, 5.41) is 2.02. The smallest absolute Gasteiger partial charge is 0.344 e. The predicted octanol–water partition coefficient (Wildman–Crippen LogP) is 1.54. The van der Waals surface area contributed by atoms with Crippen LogP contribution in [0.1, 0.15) is 27.2 Å². The van der Waals surface area contributed by atoms with Crippen LogP contribution in [0, 0.1) is 0 Å². The average Bonchev–Trinajstić information content (AvgIpc) is 2.49. The number of amides is 1. The van der Waals surface area contributed by atoms with Gasteiger partial charge in [0.2, 0.25) is 0 Å². The number of rotatable bonds is 1. The molecule has 0 spiro atoms. The molecule has 16 heavy (non-hydrogen) atoms. The van der Waals surface area contributed by atoms with Crippen molar-refractivity contribution in [1.82, 2.24) is 10.2 Å². The van der Waals surface area contributed by atoms with Gasteiger partial charge < -0.3 is 5.32 Å². The van der Waals surface area contributed by atoms with Crippen molar-refractivity contribution >= 4 is 5.91 Å². The van der Waals surface area contributed by atoms with Gasteiger partial charge in [0.25, 0.3) is 0 Å². The monoisotopic (exact) mass is 238 g/mol. The molecule has 0 saturated carbocycles. The fourth-order valence-electron chi connectivity index (χ4n) is 1.75. The van der Waals surface area contributed by atoms with Crippen LogP contribution in [-0.4, -0.2) is 41.7 Å². The van der Waals surface area contributed by atoms with Crippen LogP contribution >= 0.6 is 0 Å². The van der Waals surface area contributed by atoms with Crippen molar-refractivity contribution in [1.29, 1.82) is 0 Å². The molecule has 1 aliphatic rings. The van der Waals surface area contributed by atoms with Crippen LogP contribution in [0.2, 0.25) is 0 Å². The van der Waals surface area contributed by atoms with E-state index in [2.05, 4.69) is 4.90 Å². The predicted molar refractivity (Wildman–Crippen MR) is 53.9 cm³/mol. The van der Waals surface area contributed by atoms with Gasteiger partial charge in [0, 0.05) is 24.7 Å². The first-order valence-corrected chi connectivity index (χ1v) is 5.23. The number of alkyl halides is 3. The molecule has 0 aromatic heterocycles. The number of carbonyl (C=O) groups excluding carboxylic acids is 1. The zero-order chi connectivity index (χ0) is 12.6. The molecule has 1 rings (SSSR count). The number of likely N-dealkylation sites (tertiary alicyclic amines) is 1. The van der Waals surface area contributed by atoms with Crippen LogP contribution in [-0.2, 0) is 4.79 Å². The van der Waals surface area contributed by atoms with E-state index in [1.165, 1.54) is 0 Å². The molecule has 1 saturated heterocycles. The lowest BCUT2D eigenvalue weighted by atomic mass is 10.1. The van der Waals surface area contributed by atoms with Gasteiger partial charge >= 0.3 is 12.1 Å². The summed E-state index contributed by atoms with van der Waals surface area (Å²) in [7, 11) is 0. The zero-order valence-corrected chi connectivity index (χ0v) is 9.69. The van der Waals surface area contributed by atoms with Crippen LogP contribution in [0.15, 0.2) is 0 Å². The summed E-state index contributed by atoms with van der Waals surface area (Å²) in [6.45, 7) is 7.19. The Labute approximate surface area is 93.0 Å². The highest BCUT2D eigenvalue weighted by Gasteiger charge is 2.41. The van der Waals surface area contributed by atoms with E-state index in [4.69, 9.17) is 0 Å². The summed E-state index contributed by atoms with van der Waals surface area (Å²) >= 11 is 0. The Hall–Kier alpha value is -0.780. The molecule has 1 fully saturated rings. The Morgan fingerprint density at radius 2 is 1.88 bits per heavy atom. The summed E-state index contributed by atoms with van der Waals surface area (Å²) in [6.07, 6.45) is -4.21. The van der Waals surface area contributed by atoms with E-state index in [-0.39, 0.29) is 5.54 Å². The molecule has 94 valence electrons. The third-order valence-corrected chi connectivity index (χ3v) is 2.73. The lowest BCUT2D eigenvalue weighted by Crippen LogP contribution is -2.46. The van der Waals surface area contributed by atoms with Gasteiger partial charge in [0.05, 0.1) is 0 Å². The second-order valence-electron chi connectivity index (χ2n) is 5.07. The van der Waals surface area contributed by atoms with E-state index in [0.29, 0.717) is 19.5 Å². The standard InChI is InChI=1S/C10H17F3N2O/c1-9(2,3)15-5-4-7(6-15)14-8(16)10(11,12)13/h7H,4-6H2,1-3H3,(H,14,16)/t7-/m1/s1. The Bertz CT molecular complexity index is 270. The van der Waals surface area contributed by atoms with E-state index in [1.54, 1.807) is 0 Å². The molecule has 1 heterocycles. The molecular formula is C10H17F3N2O. The Kier molecular flexibility index (Phi) is 3.52. The SMILES string of the molecule is CC(C)(C)N1CC[C@@H](NC(=O)C(F)(F)F)C1. The maximum absolute atomic E-state index is 12.0. The molecule has 0 aromatic rings. The minimum Gasteiger partial charge on any atom is -0.344 e. The van der Waals surface area contributed by atoms with Crippen molar-refractivity contribution in [3.63, 3.8) is 0 Å². The first-order valence-electron chi connectivity index (χ1n) is 5.23.